The van der Waals surface area contributed by atoms with E-state index in [1.807, 2.05) is 30.3 Å². The van der Waals surface area contributed by atoms with Crippen molar-refractivity contribution in [3.8, 4) is 17.6 Å². The van der Waals surface area contributed by atoms with Crippen LogP contribution in [0.2, 0.25) is 0 Å². The molecule has 4 rings (SSSR count). The average molecular weight is 426 g/mol. The second-order valence-corrected chi connectivity index (χ2v) is 7.86. The number of hydrogen-bond acceptors (Lipinski definition) is 4. The third-order valence-electron chi connectivity index (χ3n) is 5.51. The highest BCUT2D eigenvalue weighted by Crippen LogP contribution is 2.20. The van der Waals surface area contributed by atoms with Gasteiger partial charge in [0.2, 0.25) is 0 Å². The molecular weight excluding hydrogens is 398 g/mol. The lowest BCUT2D eigenvalue weighted by molar-refractivity contribution is 0.0937. The van der Waals surface area contributed by atoms with E-state index in [0.717, 1.165) is 43.6 Å². The van der Waals surface area contributed by atoms with E-state index in [0.29, 0.717) is 11.4 Å². The molecule has 5 nitrogen and oxygen atoms in total. The molecule has 0 aliphatic carbocycles. The number of nitrogens with one attached hydrogen (secondary N) is 1. The number of carbonyl (C=O) groups is 1. The number of hydrogen-bond donors (Lipinski definition) is 1. The quantitative estimate of drug-likeness (QED) is 0.631. The molecule has 0 atom stereocenters. The van der Waals surface area contributed by atoms with Crippen molar-refractivity contribution < 1.29 is 9.53 Å². The van der Waals surface area contributed by atoms with Crippen molar-refractivity contribution in [1.82, 2.24) is 15.2 Å². The Kier molecular flexibility index (Phi) is 7.16. The molecule has 0 saturated carbocycles. The molecule has 2 heterocycles. The van der Waals surface area contributed by atoms with Gasteiger partial charge < -0.3 is 10.1 Å². The van der Waals surface area contributed by atoms with Gasteiger partial charge in [0, 0.05) is 50.1 Å². The Morgan fingerprint density at radius 1 is 1.03 bits per heavy atom. The molecule has 5 heteroatoms. The summed E-state index contributed by atoms with van der Waals surface area (Å²) in [5.74, 6) is 6.92. The number of benzene rings is 2. The average Bonchev–Trinajstić information content (AvgIpc) is 2.85. The predicted octanol–water partition coefficient (Wildman–Crippen LogP) is 3.88. The summed E-state index contributed by atoms with van der Waals surface area (Å²) in [6.45, 7) is 2.89. The third kappa shape index (κ3) is 5.96. The minimum Gasteiger partial charge on any atom is -0.490 e. The first-order valence-corrected chi connectivity index (χ1v) is 10.9. The Balaban J connectivity index is 1.26. The third-order valence-corrected chi connectivity index (χ3v) is 5.51. The normalized spacial score (nSPS) is 14.3. The molecule has 0 spiro atoms. The lowest BCUT2D eigenvalue weighted by atomic mass is 10.1. The Morgan fingerprint density at radius 2 is 1.72 bits per heavy atom. The van der Waals surface area contributed by atoms with Crippen LogP contribution in [-0.4, -0.2) is 42.0 Å². The molecule has 1 fully saturated rings. The molecule has 1 aliphatic heterocycles. The topological polar surface area (TPSA) is 54.5 Å². The Bertz CT molecular complexity index is 1090. The van der Waals surface area contributed by atoms with Crippen molar-refractivity contribution >= 4 is 5.91 Å². The first-order valence-electron chi connectivity index (χ1n) is 10.9. The number of rotatable bonds is 5. The van der Waals surface area contributed by atoms with Crippen LogP contribution in [0.4, 0.5) is 0 Å². The summed E-state index contributed by atoms with van der Waals surface area (Å²) in [5.41, 5.74) is 3.72. The molecule has 162 valence electrons. The maximum Gasteiger partial charge on any atom is 0.269 e. The summed E-state index contributed by atoms with van der Waals surface area (Å²) in [7, 11) is 1.60. The maximum atomic E-state index is 11.8. The zero-order valence-electron chi connectivity index (χ0n) is 18.3. The lowest BCUT2D eigenvalue weighted by Gasteiger charge is -2.32. The highest BCUT2D eigenvalue weighted by molar-refractivity contribution is 5.92. The largest absolute Gasteiger partial charge is 0.490 e. The SMILES string of the molecule is CNC(=O)c1cc(OC2CCN(Cc3ccc(C#Cc4ccccc4)cc3)CC2)ccn1. The van der Waals surface area contributed by atoms with Gasteiger partial charge in [-0.3, -0.25) is 14.7 Å². The number of amides is 1. The molecular formula is C27H27N3O2. The molecule has 32 heavy (non-hydrogen) atoms. The number of nitrogens with zero attached hydrogens (tertiary/aromatic N) is 2. The number of likely N-dealkylation sites (tertiary alicyclic amines) is 1. The molecule has 1 aromatic heterocycles. The monoisotopic (exact) mass is 425 g/mol. The minimum atomic E-state index is -0.206. The van der Waals surface area contributed by atoms with Crippen LogP contribution in [0, 0.1) is 11.8 Å². The molecule has 1 aliphatic rings. The molecule has 1 saturated heterocycles. The number of piperidine rings is 1. The number of aromatic nitrogens is 1. The summed E-state index contributed by atoms with van der Waals surface area (Å²) < 4.78 is 6.11. The predicted molar refractivity (Wildman–Crippen MR) is 125 cm³/mol. The Labute approximate surface area is 189 Å². The summed E-state index contributed by atoms with van der Waals surface area (Å²) in [6.07, 6.45) is 3.68. The van der Waals surface area contributed by atoms with Gasteiger partial charge in [0.05, 0.1) is 0 Å². The van der Waals surface area contributed by atoms with E-state index in [1.54, 1.807) is 25.4 Å². The van der Waals surface area contributed by atoms with Crippen LogP contribution in [0.5, 0.6) is 5.75 Å². The van der Waals surface area contributed by atoms with Gasteiger partial charge in [0.25, 0.3) is 5.91 Å². The molecule has 3 aromatic rings. The van der Waals surface area contributed by atoms with E-state index in [4.69, 9.17) is 4.74 Å². The van der Waals surface area contributed by atoms with Crippen molar-refractivity contribution in [2.24, 2.45) is 0 Å². The van der Waals surface area contributed by atoms with E-state index < -0.39 is 0 Å². The molecule has 2 aromatic carbocycles. The summed E-state index contributed by atoms with van der Waals surface area (Å²) in [4.78, 5) is 18.3. The highest BCUT2D eigenvalue weighted by Gasteiger charge is 2.21. The fraction of sp³-hybridized carbons (Fsp3) is 0.259. The van der Waals surface area contributed by atoms with Crippen LogP contribution in [0.1, 0.15) is 40.0 Å². The fourth-order valence-electron chi connectivity index (χ4n) is 3.73. The summed E-state index contributed by atoms with van der Waals surface area (Å²) >= 11 is 0. The van der Waals surface area contributed by atoms with Crippen LogP contribution in [0.15, 0.2) is 72.9 Å². The van der Waals surface area contributed by atoms with Gasteiger partial charge in [0.15, 0.2) is 0 Å². The van der Waals surface area contributed by atoms with Crippen LogP contribution in [-0.2, 0) is 6.54 Å². The van der Waals surface area contributed by atoms with Gasteiger partial charge in [-0.15, -0.1) is 0 Å². The second-order valence-electron chi connectivity index (χ2n) is 7.86. The van der Waals surface area contributed by atoms with Gasteiger partial charge in [-0.05, 0) is 48.7 Å². The molecule has 0 radical (unpaired) electrons. The van der Waals surface area contributed by atoms with E-state index in [-0.39, 0.29) is 12.0 Å². The van der Waals surface area contributed by atoms with Crippen molar-refractivity contribution in [3.63, 3.8) is 0 Å². The van der Waals surface area contributed by atoms with Gasteiger partial charge in [0.1, 0.15) is 17.5 Å². The van der Waals surface area contributed by atoms with Crippen LogP contribution < -0.4 is 10.1 Å². The number of pyridine rings is 1. The first-order chi connectivity index (χ1) is 15.7. The zero-order chi connectivity index (χ0) is 22.2. The minimum absolute atomic E-state index is 0.154. The van der Waals surface area contributed by atoms with Crippen molar-refractivity contribution in [1.29, 1.82) is 0 Å². The van der Waals surface area contributed by atoms with Crippen molar-refractivity contribution in [2.75, 3.05) is 20.1 Å². The zero-order valence-corrected chi connectivity index (χ0v) is 18.3. The Hall–Kier alpha value is -3.62. The van der Waals surface area contributed by atoms with Gasteiger partial charge in [-0.25, -0.2) is 0 Å². The van der Waals surface area contributed by atoms with Gasteiger partial charge in [-0.1, -0.05) is 42.2 Å². The lowest BCUT2D eigenvalue weighted by Crippen LogP contribution is -2.37. The second kappa shape index (κ2) is 10.6. The number of carbonyl (C=O) groups excluding carboxylic acids is 1. The van der Waals surface area contributed by atoms with Crippen molar-refractivity contribution in [3.05, 3.63) is 95.3 Å². The van der Waals surface area contributed by atoms with E-state index in [1.165, 1.54) is 5.56 Å². The molecule has 1 N–H and O–H groups in total. The standard InChI is InChI=1S/C27H27N3O2/c1-28-27(31)26-19-25(13-16-29-26)32-24-14-17-30(18-15-24)20-23-11-9-22(10-12-23)8-7-21-5-3-2-4-6-21/h2-6,9-13,16,19,24H,14-15,17-18,20H2,1H3,(H,28,31). The first kappa shape index (κ1) is 21.6. The summed E-state index contributed by atoms with van der Waals surface area (Å²) in [6, 6.07) is 22.0. The van der Waals surface area contributed by atoms with E-state index in [9.17, 15) is 4.79 Å². The molecule has 0 bridgehead atoms. The van der Waals surface area contributed by atoms with Crippen LogP contribution in [0.25, 0.3) is 0 Å². The summed E-state index contributed by atoms with van der Waals surface area (Å²) in [5, 5.41) is 2.59. The van der Waals surface area contributed by atoms with Crippen LogP contribution in [0.3, 0.4) is 0 Å². The highest BCUT2D eigenvalue weighted by atomic mass is 16.5. The van der Waals surface area contributed by atoms with E-state index in [2.05, 4.69) is 51.3 Å². The van der Waals surface area contributed by atoms with Gasteiger partial charge in [-0.2, -0.15) is 0 Å². The smallest absolute Gasteiger partial charge is 0.269 e. The number of ether oxygens (including phenoxy) is 1. The Morgan fingerprint density at radius 3 is 2.41 bits per heavy atom. The molecule has 1 amide bonds. The van der Waals surface area contributed by atoms with E-state index >= 15 is 0 Å². The van der Waals surface area contributed by atoms with Gasteiger partial charge >= 0.3 is 0 Å². The maximum absolute atomic E-state index is 11.8. The van der Waals surface area contributed by atoms with Crippen molar-refractivity contribution in [2.45, 2.75) is 25.5 Å². The fourth-order valence-corrected chi connectivity index (χ4v) is 3.73. The molecule has 0 unspecified atom stereocenters. The van der Waals surface area contributed by atoms with Crippen LogP contribution >= 0.6 is 0 Å².